The Labute approximate surface area is 140 Å². The summed E-state index contributed by atoms with van der Waals surface area (Å²) in [5.41, 5.74) is 0.921. The quantitative estimate of drug-likeness (QED) is 0.879. The number of amides is 1. The molecule has 6 heteroatoms. The van der Waals surface area contributed by atoms with Crippen molar-refractivity contribution in [1.82, 2.24) is 9.88 Å². The predicted molar refractivity (Wildman–Crippen MR) is 89.5 cm³/mol. The van der Waals surface area contributed by atoms with Crippen molar-refractivity contribution < 1.29 is 14.3 Å². The number of nitrogens with one attached hydrogen (secondary N) is 1. The number of aromatic nitrogens is 1. The molecule has 1 N–H and O–H groups in total. The summed E-state index contributed by atoms with van der Waals surface area (Å²) in [6.45, 7) is 0.250. The molecule has 0 spiro atoms. The molecule has 3 rings (SSSR count). The SMILES string of the molecule is COc1cccc(COc2cn(C)c(C(=O)NC3CC3)cc2=O)c1. The predicted octanol–water partition coefficient (Wildman–Crippen LogP) is 1.87. The Kier molecular flexibility index (Phi) is 4.55. The third-order valence-electron chi connectivity index (χ3n) is 3.88. The van der Waals surface area contributed by atoms with E-state index in [1.807, 2.05) is 24.3 Å². The summed E-state index contributed by atoms with van der Waals surface area (Å²) in [4.78, 5) is 24.3. The molecule has 1 aromatic heterocycles. The number of ether oxygens (including phenoxy) is 2. The van der Waals surface area contributed by atoms with Crippen molar-refractivity contribution in [2.24, 2.45) is 7.05 Å². The Morgan fingerprint density at radius 1 is 1.33 bits per heavy atom. The van der Waals surface area contributed by atoms with Crippen molar-refractivity contribution in [1.29, 1.82) is 0 Å². The van der Waals surface area contributed by atoms with Crippen molar-refractivity contribution >= 4 is 5.91 Å². The number of nitrogens with zero attached hydrogens (tertiary/aromatic N) is 1. The molecule has 0 unspecified atom stereocenters. The van der Waals surface area contributed by atoms with E-state index in [1.165, 1.54) is 6.07 Å². The first-order valence-corrected chi connectivity index (χ1v) is 7.84. The molecule has 1 saturated carbocycles. The standard InChI is InChI=1S/C18H20N2O4/c1-20-10-17(24-11-12-4-3-5-14(8-12)23-2)16(21)9-15(20)18(22)19-13-6-7-13/h3-5,8-10,13H,6-7,11H2,1-2H3,(H,19,22). The molecule has 1 amide bonds. The van der Waals surface area contributed by atoms with Gasteiger partial charge in [-0.05, 0) is 30.5 Å². The van der Waals surface area contributed by atoms with Crippen LogP contribution in [0.15, 0.2) is 41.3 Å². The van der Waals surface area contributed by atoms with Gasteiger partial charge in [-0.15, -0.1) is 0 Å². The molecular weight excluding hydrogens is 308 g/mol. The lowest BCUT2D eigenvalue weighted by Crippen LogP contribution is -2.29. The average molecular weight is 328 g/mol. The van der Waals surface area contributed by atoms with Gasteiger partial charge in [0, 0.05) is 19.2 Å². The molecule has 1 aliphatic carbocycles. The minimum atomic E-state index is -0.308. The molecule has 6 nitrogen and oxygen atoms in total. The van der Waals surface area contributed by atoms with E-state index in [9.17, 15) is 9.59 Å². The van der Waals surface area contributed by atoms with E-state index in [1.54, 1.807) is 24.9 Å². The van der Waals surface area contributed by atoms with Crippen LogP contribution in [0, 0.1) is 0 Å². The van der Waals surface area contributed by atoms with Crippen LogP contribution in [-0.2, 0) is 13.7 Å². The summed E-state index contributed by atoms with van der Waals surface area (Å²) >= 11 is 0. The summed E-state index contributed by atoms with van der Waals surface area (Å²) in [6.07, 6.45) is 3.55. The number of hydrogen-bond acceptors (Lipinski definition) is 4. The molecule has 1 heterocycles. The maximum Gasteiger partial charge on any atom is 0.268 e. The van der Waals surface area contributed by atoms with Gasteiger partial charge in [0.15, 0.2) is 5.75 Å². The number of methoxy groups -OCH3 is 1. The number of benzene rings is 1. The fourth-order valence-electron chi connectivity index (χ4n) is 2.35. The van der Waals surface area contributed by atoms with Gasteiger partial charge in [0.05, 0.1) is 13.3 Å². The molecule has 0 aliphatic heterocycles. The third-order valence-corrected chi connectivity index (χ3v) is 3.88. The second-order valence-corrected chi connectivity index (χ2v) is 5.89. The lowest BCUT2D eigenvalue weighted by atomic mass is 10.2. The van der Waals surface area contributed by atoms with Crippen molar-refractivity contribution in [3.63, 3.8) is 0 Å². The highest BCUT2D eigenvalue weighted by Crippen LogP contribution is 2.19. The lowest BCUT2D eigenvalue weighted by molar-refractivity contribution is 0.0941. The molecule has 0 saturated heterocycles. The van der Waals surface area contributed by atoms with Gasteiger partial charge in [-0.1, -0.05) is 12.1 Å². The Hall–Kier alpha value is -2.76. The highest BCUT2D eigenvalue weighted by Gasteiger charge is 2.25. The van der Waals surface area contributed by atoms with Gasteiger partial charge >= 0.3 is 0 Å². The number of pyridine rings is 1. The molecule has 2 aromatic rings. The zero-order valence-electron chi connectivity index (χ0n) is 13.7. The van der Waals surface area contributed by atoms with Crippen LogP contribution in [0.4, 0.5) is 0 Å². The van der Waals surface area contributed by atoms with E-state index in [-0.39, 0.29) is 29.7 Å². The Bertz CT molecular complexity index is 809. The van der Waals surface area contributed by atoms with Crippen molar-refractivity contribution in [3.05, 3.63) is 58.0 Å². The summed E-state index contributed by atoms with van der Waals surface area (Å²) < 4.78 is 12.4. The second kappa shape index (κ2) is 6.78. The van der Waals surface area contributed by atoms with Gasteiger partial charge in [-0.2, -0.15) is 0 Å². The maximum atomic E-state index is 12.2. The highest BCUT2D eigenvalue weighted by molar-refractivity contribution is 5.93. The third kappa shape index (κ3) is 3.76. The van der Waals surface area contributed by atoms with Gasteiger partial charge in [0.2, 0.25) is 5.43 Å². The summed E-state index contributed by atoms with van der Waals surface area (Å²) in [6, 6.07) is 9.01. The Morgan fingerprint density at radius 3 is 2.83 bits per heavy atom. The van der Waals surface area contributed by atoms with Gasteiger partial charge in [-0.3, -0.25) is 9.59 Å². The van der Waals surface area contributed by atoms with Crippen LogP contribution < -0.4 is 20.2 Å². The zero-order chi connectivity index (χ0) is 17.1. The number of aryl methyl sites for hydroxylation is 1. The largest absolute Gasteiger partial charge is 0.497 e. The van der Waals surface area contributed by atoms with E-state index in [0.717, 1.165) is 24.2 Å². The topological polar surface area (TPSA) is 69.6 Å². The number of carbonyl (C=O) groups excluding carboxylic acids is 1. The Balaban J connectivity index is 1.72. The normalized spacial score (nSPS) is 13.4. The molecule has 126 valence electrons. The van der Waals surface area contributed by atoms with Crippen LogP contribution in [0.1, 0.15) is 28.9 Å². The van der Waals surface area contributed by atoms with Crippen LogP contribution in [0.25, 0.3) is 0 Å². The summed E-state index contributed by atoms with van der Waals surface area (Å²) in [5.74, 6) is 0.718. The number of carbonyl (C=O) groups is 1. The summed E-state index contributed by atoms with van der Waals surface area (Å²) in [7, 11) is 3.32. The van der Waals surface area contributed by atoms with Gasteiger partial charge in [0.25, 0.3) is 5.91 Å². The van der Waals surface area contributed by atoms with Gasteiger partial charge in [0.1, 0.15) is 18.1 Å². The van der Waals surface area contributed by atoms with Crippen molar-refractivity contribution in [2.75, 3.05) is 7.11 Å². The van der Waals surface area contributed by atoms with E-state index in [0.29, 0.717) is 5.69 Å². The van der Waals surface area contributed by atoms with Gasteiger partial charge in [-0.25, -0.2) is 0 Å². The number of hydrogen-bond donors (Lipinski definition) is 1. The first-order valence-electron chi connectivity index (χ1n) is 7.84. The first-order chi connectivity index (χ1) is 11.6. The molecule has 0 atom stereocenters. The van der Waals surface area contributed by atoms with Crippen LogP contribution >= 0.6 is 0 Å². The van der Waals surface area contributed by atoms with E-state index < -0.39 is 0 Å². The second-order valence-electron chi connectivity index (χ2n) is 5.89. The monoisotopic (exact) mass is 328 g/mol. The molecule has 1 aromatic carbocycles. The van der Waals surface area contributed by atoms with Gasteiger partial charge < -0.3 is 19.4 Å². The van der Waals surface area contributed by atoms with Crippen LogP contribution in [0.3, 0.4) is 0 Å². The van der Waals surface area contributed by atoms with Crippen molar-refractivity contribution in [3.8, 4) is 11.5 Å². The molecule has 1 fully saturated rings. The molecular formula is C18H20N2O4. The molecule has 1 aliphatic rings. The molecule has 0 bridgehead atoms. The fourth-order valence-corrected chi connectivity index (χ4v) is 2.35. The molecule has 24 heavy (non-hydrogen) atoms. The molecule has 0 radical (unpaired) electrons. The Morgan fingerprint density at radius 2 is 2.12 bits per heavy atom. The van der Waals surface area contributed by atoms with E-state index >= 15 is 0 Å². The minimum absolute atomic E-state index is 0.211. The fraction of sp³-hybridized carbons (Fsp3) is 0.333. The number of rotatable bonds is 6. The van der Waals surface area contributed by atoms with Crippen LogP contribution in [0.5, 0.6) is 11.5 Å². The average Bonchev–Trinajstić information content (AvgIpc) is 3.39. The minimum Gasteiger partial charge on any atom is -0.497 e. The lowest BCUT2D eigenvalue weighted by Gasteiger charge is -2.12. The van der Waals surface area contributed by atoms with E-state index in [4.69, 9.17) is 9.47 Å². The zero-order valence-corrected chi connectivity index (χ0v) is 13.7. The van der Waals surface area contributed by atoms with Crippen LogP contribution in [0.2, 0.25) is 0 Å². The first kappa shape index (κ1) is 16.1. The van der Waals surface area contributed by atoms with E-state index in [2.05, 4.69) is 5.32 Å². The smallest absolute Gasteiger partial charge is 0.268 e. The van der Waals surface area contributed by atoms with Crippen LogP contribution in [-0.4, -0.2) is 23.6 Å². The van der Waals surface area contributed by atoms with Crippen molar-refractivity contribution in [2.45, 2.75) is 25.5 Å². The maximum absolute atomic E-state index is 12.2. The highest BCUT2D eigenvalue weighted by atomic mass is 16.5. The summed E-state index contributed by atoms with van der Waals surface area (Å²) in [5, 5.41) is 2.87.